The Balaban J connectivity index is 1.25. The highest BCUT2D eigenvalue weighted by Crippen LogP contribution is 2.42. The third kappa shape index (κ3) is 4.01. The van der Waals surface area contributed by atoms with Crippen LogP contribution in [0.25, 0.3) is 95.5 Å². The van der Waals surface area contributed by atoms with Gasteiger partial charge in [0.15, 0.2) is 0 Å². The molecule has 0 aliphatic carbocycles. The minimum atomic E-state index is 0.930. The molecule has 0 N–H and O–H groups in total. The van der Waals surface area contributed by atoms with Gasteiger partial charge in [0.25, 0.3) is 0 Å². The first kappa shape index (κ1) is 25.9. The number of aromatic nitrogens is 2. The van der Waals surface area contributed by atoms with Gasteiger partial charge in [-0.15, -0.1) is 22.7 Å². The number of hydrogen-bond acceptors (Lipinski definition) is 4. The Morgan fingerprint density at radius 1 is 0.348 bits per heavy atom. The Kier molecular flexibility index (Phi) is 5.65. The fourth-order valence-electron chi connectivity index (χ4n) is 6.94. The van der Waals surface area contributed by atoms with Crippen molar-refractivity contribution in [1.29, 1.82) is 0 Å². The third-order valence-electron chi connectivity index (χ3n) is 9.13. The molecule has 0 aliphatic rings. The molecule has 6 aromatic carbocycles. The number of nitrogens with zero attached hydrogens (tertiary/aromatic N) is 2. The van der Waals surface area contributed by atoms with Crippen LogP contribution in [0.5, 0.6) is 0 Å². The molecule has 0 saturated heterocycles. The molecular weight excluding hydrogens is 597 g/mol. The van der Waals surface area contributed by atoms with Crippen LogP contribution in [0.15, 0.2) is 146 Å². The summed E-state index contributed by atoms with van der Waals surface area (Å²) in [6.07, 6.45) is 3.71. The van der Waals surface area contributed by atoms with Crippen molar-refractivity contribution in [2.75, 3.05) is 0 Å². The molecule has 0 spiro atoms. The van der Waals surface area contributed by atoms with Crippen molar-refractivity contribution in [3.8, 4) is 33.4 Å². The van der Waals surface area contributed by atoms with Gasteiger partial charge in [-0.3, -0.25) is 9.97 Å². The molecule has 0 atom stereocenters. The van der Waals surface area contributed by atoms with Gasteiger partial charge in [0.2, 0.25) is 0 Å². The third-order valence-corrected chi connectivity index (χ3v) is 11.4. The zero-order chi connectivity index (χ0) is 30.2. The molecule has 0 aliphatic heterocycles. The molecule has 0 amide bonds. The highest BCUT2D eigenvalue weighted by atomic mass is 32.1. The summed E-state index contributed by atoms with van der Waals surface area (Å²) in [6, 6.07) is 49.0. The maximum absolute atomic E-state index is 4.81. The molecule has 0 radical (unpaired) electrons. The monoisotopic (exact) mass is 620 g/mol. The number of rotatable bonds is 3. The largest absolute Gasteiger partial charge is 0.254 e. The second-order valence-corrected chi connectivity index (χ2v) is 14.0. The van der Waals surface area contributed by atoms with Gasteiger partial charge in [-0.05, 0) is 106 Å². The molecule has 0 bridgehead atoms. The van der Waals surface area contributed by atoms with Crippen LogP contribution >= 0.6 is 22.7 Å². The fraction of sp³-hybridized carbons (Fsp3) is 0. The molecule has 2 nitrogen and oxygen atoms in total. The van der Waals surface area contributed by atoms with E-state index in [1.807, 2.05) is 47.2 Å². The topological polar surface area (TPSA) is 25.8 Å². The number of pyridine rings is 2. The minimum absolute atomic E-state index is 0.930. The van der Waals surface area contributed by atoms with E-state index in [1.54, 1.807) is 0 Å². The van der Waals surface area contributed by atoms with E-state index in [4.69, 9.17) is 9.97 Å². The van der Waals surface area contributed by atoms with E-state index in [9.17, 15) is 0 Å². The molecule has 0 fully saturated rings. The first-order chi connectivity index (χ1) is 22.8. The van der Waals surface area contributed by atoms with Crippen molar-refractivity contribution in [3.05, 3.63) is 146 Å². The van der Waals surface area contributed by atoms with Crippen LogP contribution in [-0.2, 0) is 0 Å². The fourth-order valence-corrected chi connectivity index (χ4v) is 9.12. The standard InChI is InChI=1S/C42H24N2S2/c1-3-11-37-31(8-1)35-22-25(13-15-39(35)45-37)28-19-29(26-14-16-40-36(23-26)32-9-2-4-12-38(32)46-40)21-30(20-28)34-24-27-7-5-17-43-41(27)42-33(34)10-6-18-44-42/h1-24H. The average Bonchev–Trinajstić information content (AvgIpc) is 3.69. The molecule has 10 rings (SSSR count). The lowest BCUT2D eigenvalue weighted by atomic mass is 9.90. The van der Waals surface area contributed by atoms with Crippen LogP contribution in [0.3, 0.4) is 0 Å². The van der Waals surface area contributed by atoms with E-state index in [-0.39, 0.29) is 0 Å². The Bertz CT molecular complexity index is 2690. The number of thiophene rings is 2. The van der Waals surface area contributed by atoms with Gasteiger partial charge in [0, 0.05) is 63.5 Å². The second-order valence-electron chi connectivity index (χ2n) is 11.8. The summed E-state index contributed by atoms with van der Waals surface area (Å²) in [5, 5.41) is 7.44. The zero-order valence-electron chi connectivity index (χ0n) is 24.6. The summed E-state index contributed by atoms with van der Waals surface area (Å²) in [5.41, 5.74) is 9.02. The molecule has 214 valence electrons. The molecule has 46 heavy (non-hydrogen) atoms. The predicted molar refractivity (Wildman–Crippen MR) is 199 cm³/mol. The molecule has 10 aromatic rings. The predicted octanol–water partition coefficient (Wildman–Crippen LogP) is 12.5. The molecule has 0 saturated carbocycles. The van der Waals surface area contributed by atoms with Gasteiger partial charge >= 0.3 is 0 Å². The van der Waals surface area contributed by atoms with Crippen molar-refractivity contribution in [3.63, 3.8) is 0 Å². The molecule has 4 aromatic heterocycles. The smallest absolute Gasteiger partial charge is 0.0970 e. The highest BCUT2D eigenvalue weighted by Gasteiger charge is 2.15. The normalized spacial score (nSPS) is 11.9. The van der Waals surface area contributed by atoms with Gasteiger partial charge in [0.1, 0.15) is 0 Å². The number of fused-ring (bicyclic) bond motifs is 9. The van der Waals surface area contributed by atoms with Crippen LogP contribution in [0.4, 0.5) is 0 Å². The summed E-state index contributed by atoms with van der Waals surface area (Å²) in [6.45, 7) is 0. The lowest BCUT2D eigenvalue weighted by Crippen LogP contribution is -1.91. The average molecular weight is 621 g/mol. The van der Waals surface area contributed by atoms with E-state index in [2.05, 4.69) is 121 Å². The number of hydrogen-bond donors (Lipinski definition) is 0. The van der Waals surface area contributed by atoms with E-state index < -0.39 is 0 Å². The van der Waals surface area contributed by atoms with Crippen LogP contribution in [0, 0.1) is 0 Å². The Morgan fingerprint density at radius 3 is 1.52 bits per heavy atom. The van der Waals surface area contributed by atoms with Crippen molar-refractivity contribution < 1.29 is 0 Å². The summed E-state index contributed by atoms with van der Waals surface area (Å²) in [5.74, 6) is 0. The highest BCUT2D eigenvalue weighted by molar-refractivity contribution is 7.26. The molecule has 0 unspecified atom stereocenters. The maximum atomic E-state index is 4.81. The lowest BCUT2D eigenvalue weighted by Gasteiger charge is -2.14. The lowest BCUT2D eigenvalue weighted by molar-refractivity contribution is 1.37. The Morgan fingerprint density at radius 2 is 0.870 bits per heavy atom. The first-order valence-electron chi connectivity index (χ1n) is 15.4. The SMILES string of the molecule is c1cnc2c(c1)cc(-c1cc(-c3ccc4sc5ccccc5c4c3)cc(-c3ccc4sc5ccccc5c4c3)c1)c1cccnc12. The van der Waals surface area contributed by atoms with Gasteiger partial charge in [-0.25, -0.2) is 0 Å². The van der Waals surface area contributed by atoms with Crippen LogP contribution < -0.4 is 0 Å². The van der Waals surface area contributed by atoms with E-state index in [0.29, 0.717) is 0 Å². The van der Waals surface area contributed by atoms with Crippen molar-refractivity contribution in [1.82, 2.24) is 9.97 Å². The maximum Gasteiger partial charge on any atom is 0.0970 e. The van der Waals surface area contributed by atoms with Gasteiger partial charge < -0.3 is 0 Å². The first-order valence-corrected chi connectivity index (χ1v) is 17.0. The van der Waals surface area contributed by atoms with E-state index in [1.165, 1.54) is 68.2 Å². The van der Waals surface area contributed by atoms with E-state index in [0.717, 1.165) is 27.4 Å². The van der Waals surface area contributed by atoms with Crippen molar-refractivity contribution >= 4 is 84.8 Å². The van der Waals surface area contributed by atoms with Crippen LogP contribution in [0.2, 0.25) is 0 Å². The van der Waals surface area contributed by atoms with Gasteiger partial charge in [-0.1, -0.05) is 60.7 Å². The summed E-state index contributed by atoms with van der Waals surface area (Å²) >= 11 is 3.72. The van der Waals surface area contributed by atoms with Gasteiger partial charge in [-0.2, -0.15) is 0 Å². The zero-order valence-corrected chi connectivity index (χ0v) is 26.2. The quantitative estimate of drug-likeness (QED) is 0.184. The van der Waals surface area contributed by atoms with Crippen molar-refractivity contribution in [2.45, 2.75) is 0 Å². The molecule has 4 heteroatoms. The summed E-state index contributed by atoms with van der Waals surface area (Å²) < 4.78 is 5.28. The van der Waals surface area contributed by atoms with Crippen molar-refractivity contribution in [2.24, 2.45) is 0 Å². The second kappa shape index (κ2) is 10.0. The Labute approximate surface area is 272 Å². The molecular formula is C42H24N2S2. The molecule has 4 heterocycles. The summed E-state index contributed by atoms with van der Waals surface area (Å²) in [4.78, 5) is 9.52. The van der Waals surface area contributed by atoms with Crippen LogP contribution in [0.1, 0.15) is 0 Å². The number of benzene rings is 6. The minimum Gasteiger partial charge on any atom is -0.254 e. The Hall–Kier alpha value is -5.42. The van der Waals surface area contributed by atoms with Gasteiger partial charge in [0.05, 0.1) is 11.0 Å². The van der Waals surface area contributed by atoms with E-state index >= 15 is 0 Å². The van der Waals surface area contributed by atoms with Crippen LogP contribution in [-0.4, -0.2) is 9.97 Å². The summed E-state index contributed by atoms with van der Waals surface area (Å²) in [7, 11) is 0.